The Bertz CT molecular complexity index is 776. The summed E-state index contributed by atoms with van der Waals surface area (Å²) in [6.07, 6.45) is -1.07. The number of esters is 1. The maximum atomic E-state index is 12.2. The van der Waals surface area contributed by atoms with E-state index < -0.39 is 12.1 Å². The molecule has 0 amide bonds. The molecule has 0 spiro atoms. The second-order valence-corrected chi connectivity index (χ2v) is 6.14. The molecule has 7 heteroatoms. The molecule has 126 valence electrons. The zero-order chi connectivity index (χ0) is 17.9. The van der Waals surface area contributed by atoms with Crippen LogP contribution >= 0.6 is 15.9 Å². The van der Waals surface area contributed by atoms with Crippen molar-refractivity contribution in [2.75, 3.05) is 6.61 Å². The first-order valence-corrected chi connectivity index (χ1v) is 8.32. The predicted molar refractivity (Wildman–Crippen MR) is 91.5 cm³/mol. The van der Waals surface area contributed by atoms with Gasteiger partial charge in [0.2, 0.25) is 0 Å². The summed E-state index contributed by atoms with van der Waals surface area (Å²) in [5, 5.41) is 19.7. The van der Waals surface area contributed by atoms with Crippen molar-refractivity contribution in [3.8, 4) is 6.07 Å². The van der Waals surface area contributed by atoms with E-state index in [4.69, 9.17) is 10.00 Å². The topological polar surface area (TPSA) is 88.1 Å². The first-order chi connectivity index (χ1) is 11.4. The van der Waals surface area contributed by atoms with Gasteiger partial charge >= 0.3 is 5.97 Å². The van der Waals surface area contributed by atoms with Crippen molar-refractivity contribution in [2.45, 2.75) is 32.9 Å². The van der Waals surface area contributed by atoms with Crippen molar-refractivity contribution in [3.05, 3.63) is 51.5 Å². The Kier molecular flexibility index (Phi) is 5.75. The average molecular weight is 392 g/mol. The van der Waals surface area contributed by atoms with Crippen LogP contribution in [-0.2, 0) is 4.74 Å². The summed E-state index contributed by atoms with van der Waals surface area (Å²) in [6.45, 7) is 5.78. The molecule has 1 aromatic heterocycles. The fourth-order valence-electron chi connectivity index (χ4n) is 2.42. The van der Waals surface area contributed by atoms with Crippen LogP contribution in [0.3, 0.4) is 0 Å². The lowest BCUT2D eigenvalue weighted by atomic mass is 10.0. The van der Waals surface area contributed by atoms with Crippen molar-refractivity contribution in [1.82, 2.24) is 9.55 Å². The van der Waals surface area contributed by atoms with Crippen molar-refractivity contribution in [1.29, 1.82) is 5.26 Å². The maximum Gasteiger partial charge on any atom is 0.358 e. The molecular formula is C17H18BrN3O3. The standard InChI is InChI=1S/C17H18BrN3O3/c1-4-24-16(23)13-14(21(10(2)3)17(18)20-13)15(22)12-7-5-11(9-19)6-8-12/h5-8,10,15,22H,4H2,1-3H3. The summed E-state index contributed by atoms with van der Waals surface area (Å²) in [5.74, 6) is -0.583. The molecule has 1 unspecified atom stereocenters. The number of nitriles is 1. The zero-order valence-electron chi connectivity index (χ0n) is 13.7. The van der Waals surface area contributed by atoms with Crippen LogP contribution in [0.1, 0.15) is 60.2 Å². The summed E-state index contributed by atoms with van der Waals surface area (Å²) < 4.78 is 7.24. The van der Waals surface area contributed by atoms with E-state index in [1.807, 2.05) is 19.9 Å². The van der Waals surface area contributed by atoms with E-state index >= 15 is 0 Å². The van der Waals surface area contributed by atoms with Gasteiger partial charge in [-0.2, -0.15) is 5.26 Å². The van der Waals surface area contributed by atoms with Gasteiger partial charge in [0, 0.05) is 6.04 Å². The molecule has 24 heavy (non-hydrogen) atoms. The fraction of sp³-hybridized carbons (Fsp3) is 0.353. The Morgan fingerprint density at radius 1 is 1.42 bits per heavy atom. The minimum Gasteiger partial charge on any atom is -0.461 e. The highest BCUT2D eigenvalue weighted by molar-refractivity contribution is 9.10. The van der Waals surface area contributed by atoms with Gasteiger partial charge < -0.3 is 14.4 Å². The minimum absolute atomic E-state index is 0.0296. The number of nitrogens with zero attached hydrogens (tertiary/aromatic N) is 3. The quantitative estimate of drug-likeness (QED) is 0.789. The molecule has 1 N–H and O–H groups in total. The van der Waals surface area contributed by atoms with Gasteiger partial charge in [0.15, 0.2) is 10.4 Å². The van der Waals surface area contributed by atoms with Gasteiger partial charge in [-0.05, 0) is 54.4 Å². The van der Waals surface area contributed by atoms with Crippen molar-refractivity contribution < 1.29 is 14.6 Å². The van der Waals surface area contributed by atoms with Crippen molar-refractivity contribution >= 4 is 21.9 Å². The first-order valence-electron chi connectivity index (χ1n) is 7.53. The predicted octanol–water partition coefficient (Wildman–Crippen LogP) is 3.36. The number of carbonyl (C=O) groups excluding carboxylic acids is 1. The Labute approximate surface area is 148 Å². The van der Waals surface area contributed by atoms with E-state index in [9.17, 15) is 9.90 Å². The molecule has 0 radical (unpaired) electrons. The summed E-state index contributed by atoms with van der Waals surface area (Å²) >= 11 is 3.34. The number of ether oxygens (including phenoxy) is 1. The molecule has 6 nitrogen and oxygen atoms in total. The van der Waals surface area contributed by atoms with Crippen LogP contribution in [0.25, 0.3) is 0 Å². The minimum atomic E-state index is -1.07. The van der Waals surface area contributed by atoms with E-state index in [-0.39, 0.29) is 18.3 Å². The van der Waals surface area contributed by atoms with Crippen LogP contribution in [0, 0.1) is 11.3 Å². The van der Waals surface area contributed by atoms with Crippen LogP contribution in [0.4, 0.5) is 0 Å². The van der Waals surface area contributed by atoms with Crippen LogP contribution in [0.15, 0.2) is 29.0 Å². The Morgan fingerprint density at radius 2 is 2.04 bits per heavy atom. The number of aliphatic hydroxyl groups is 1. The Morgan fingerprint density at radius 3 is 2.54 bits per heavy atom. The van der Waals surface area contributed by atoms with E-state index in [1.54, 1.807) is 35.8 Å². The van der Waals surface area contributed by atoms with E-state index in [0.717, 1.165) is 0 Å². The smallest absolute Gasteiger partial charge is 0.358 e. The number of aliphatic hydroxyl groups excluding tert-OH is 1. The fourth-order valence-corrected chi connectivity index (χ4v) is 3.19. The highest BCUT2D eigenvalue weighted by atomic mass is 79.9. The maximum absolute atomic E-state index is 12.2. The molecule has 0 saturated heterocycles. The molecule has 2 rings (SSSR count). The summed E-state index contributed by atoms with van der Waals surface area (Å²) in [4.78, 5) is 16.4. The van der Waals surface area contributed by atoms with Crippen LogP contribution in [-0.4, -0.2) is 27.2 Å². The number of hydrogen-bond acceptors (Lipinski definition) is 5. The number of hydrogen-bond donors (Lipinski definition) is 1. The average Bonchev–Trinajstić information content (AvgIpc) is 2.92. The van der Waals surface area contributed by atoms with Gasteiger partial charge in [0.1, 0.15) is 6.10 Å². The second-order valence-electron chi connectivity index (χ2n) is 5.44. The van der Waals surface area contributed by atoms with Gasteiger partial charge in [-0.15, -0.1) is 0 Å². The summed E-state index contributed by atoms with van der Waals surface area (Å²) in [6, 6.07) is 8.55. The third kappa shape index (κ3) is 3.50. The van der Waals surface area contributed by atoms with Crippen molar-refractivity contribution in [3.63, 3.8) is 0 Å². The molecule has 1 heterocycles. The lowest BCUT2D eigenvalue weighted by Crippen LogP contribution is -2.16. The third-order valence-corrected chi connectivity index (χ3v) is 4.06. The number of benzene rings is 1. The van der Waals surface area contributed by atoms with Crippen molar-refractivity contribution in [2.24, 2.45) is 0 Å². The lowest BCUT2D eigenvalue weighted by molar-refractivity contribution is 0.0513. The first kappa shape index (κ1) is 18.2. The number of halogens is 1. The molecule has 2 aromatic rings. The third-order valence-electron chi connectivity index (χ3n) is 3.50. The van der Waals surface area contributed by atoms with Gasteiger partial charge in [-0.1, -0.05) is 12.1 Å². The number of imidazole rings is 1. The number of rotatable bonds is 5. The monoisotopic (exact) mass is 391 g/mol. The lowest BCUT2D eigenvalue weighted by Gasteiger charge is -2.19. The molecule has 1 atom stereocenters. The number of carbonyl (C=O) groups is 1. The Hall–Kier alpha value is -2.17. The number of aromatic nitrogens is 2. The molecule has 0 fully saturated rings. The molecule has 0 aliphatic heterocycles. The zero-order valence-corrected chi connectivity index (χ0v) is 15.2. The van der Waals surface area contributed by atoms with Gasteiger partial charge in [-0.25, -0.2) is 9.78 Å². The molecule has 0 aliphatic rings. The molecule has 0 bridgehead atoms. The Balaban J connectivity index is 2.56. The second kappa shape index (κ2) is 7.60. The molecular weight excluding hydrogens is 374 g/mol. The summed E-state index contributed by atoms with van der Waals surface area (Å²) in [7, 11) is 0. The van der Waals surface area contributed by atoms with Gasteiger partial charge in [0.05, 0.1) is 23.9 Å². The normalized spacial score (nSPS) is 12.0. The molecule has 0 saturated carbocycles. The van der Waals surface area contributed by atoms with Crippen LogP contribution in [0.5, 0.6) is 0 Å². The highest BCUT2D eigenvalue weighted by Gasteiger charge is 2.29. The molecule has 1 aromatic carbocycles. The van der Waals surface area contributed by atoms with Gasteiger partial charge in [0.25, 0.3) is 0 Å². The van der Waals surface area contributed by atoms with E-state index in [2.05, 4.69) is 20.9 Å². The van der Waals surface area contributed by atoms with Crippen LogP contribution in [0.2, 0.25) is 0 Å². The highest BCUT2D eigenvalue weighted by Crippen LogP contribution is 2.31. The SMILES string of the molecule is CCOC(=O)c1nc(Br)n(C(C)C)c1C(O)c1ccc(C#N)cc1. The van der Waals surface area contributed by atoms with E-state index in [1.165, 1.54) is 0 Å². The van der Waals surface area contributed by atoms with Crippen LogP contribution < -0.4 is 0 Å². The molecule has 0 aliphatic carbocycles. The van der Waals surface area contributed by atoms with E-state index in [0.29, 0.717) is 21.6 Å². The van der Waals surface area contributed by atoms with Gasteiger partial charge in [-0.3, -0.25) is 0 Å². The largest absolute Gasteiger partial charge is 0.461 e. The summed E-state index contributed by atoms with van der Waals surface area (Å²) in [5.41, 5.74) is 1.50.